The molecular formula is C14H20N2O. The minimum absolute atomic E-state index is 0.277. The number of nitrogens with zero attached hydrogens (tertiary/aromatic N) is 2. The van der Waals surface area contributed by atoms with Crippen molar-refractivity contribution in [2.75, 3.05) is 6.61 Å². The van der Waals surface area contributed by atoms with E-state index in [9.17, 15) is 0 Å². The Morgan fingerprint density at radius 1 is 1.41 bits per heavy atom. The molecule has 0 radical (unpaired) electrons. The van der Waals surface area contributed by atoms with Crippen molar-refractivity contribution in [1.29, 1.82) is 0 Å². The van der Waals surface area contributed by atoms with Gasteiger partial charge in [0, 0.05) is 30.9 Å². The van der Waals surface area contributed by atoms with Gasteiger partial charge in [0.1, 0.15) is 0 Å². The number of rotatable bonds is 6. The maximum absolute atomic E-state index is 8.88. The highest BCUT2D eigenvalue weighted by Crippen LogP contribution is 2.36. The van der Waals surface area contributed by atoms with E-state index in [0.29, 0.717) is 11.8 Å². The average molecular weight is 232 g/mol. The van der Waals surface area contributed by atoms with Gasteiger partial charge >= 0.3 is 0 Å². The van der Waals surface area contributed by atoms with Crippen molar-refractivity contribution in [3.05, 3.63) is 36.2 Å². The van der Waals surface area contributed by atoms with Gasteiger partial charge in [-0.3, -0.25) is 9.98 Å². The first-order chi connectivity index (χ1) is 8.27. The molecule has 1 aliphatic carbocycles. The SMILES string of the molecule is C\C=C/C=N\C=C/C=C(\C)N=C[C@H]1C[C@@H]1CO. The molecule has 92 valence electrons. The van der Waals surface area contributed by atoms with Gasteiger partial charge in [-0.05, 0) is 50.3 Å². The summed E-state index contributed by atoms with van der Waals surface area (Å²) in [6, 6.07) is 0. The second-order valence-electron chi connectivity index (χ2n) is 4.09. The summed E-state index contributed by atoms with van der Waals surface area (Å²) in [5.74, 6) is 0.910. The molecule has 0 aliphatic heterocycles. The highest BCUT2D eigenvalue weighted by Gasteiger charge is 2.34. The van der Waals surface area contributed by atoms with E-state index in [1.807, 2.05) is 44.4 Å². The standard InChI is InChI=1S/C14H20N2O/c1-3-4-7-15-8-5-6-12(2)16-10-13-9-14(13)11-17/h3-8,10,13-14,17H,9,11H2,1-2H3/b4-3-,8-5-,12-6+,15-7-,16-10?/t13-,14-/m1/s1. The van der Waals surface area contributed by atoms with E-state index in [1.54, 1.807) is 12.4 Å². The second-order valence-corrected chi connectivity index (χ2v) is 4.09. The van der Waals surface area contributed by atoms with Crippen LogP contribution in [0.3, 0.4) is 0 Å². The molecule has 2 atom stereocenters. The Labute approximate surface area is 103 Å². The molecule has 0 spiro atoms. The van der Waals surface area contributed by atoms with Crippen LogP contribution < -0.4 is 0 Å². The van der Waals surface area contributed by atoms with E-state index < -0.39 is 0 Å². The van der Waals surface area contributed by atoms with Crippen molar-refractivity contribution >= 4 is 12.4 Å². The fourth-order valence-electron chi connectivity index (χ4n) is 1.34. The van der Waals surface area contributed by atoms with Gasteiger partial charge in [-0.25, -0.2) is 0 Å². The molecule has 1 N–H and O–H groups in total. The summed E-state index contributed by atoms with van der Waals surface area (Å²) in [6.07, 6.45) is 14.0. The van der Waals surface area contributed by atoms with Crippen LogP contribution in [0.1, 0.15) is 20.3 Å². The van der Waals surface area contributed by atoms with Crippen molar-refractivity contribution in [3.63, 3.8) is 0 Å². The molecule has 17 heavy (non-hydrogen) atoms. The summed E-state index contributed by atoms with van der Waals surface area (Å²) in [6.45, 7) is 4.18. The van der Waals surface area contributed by atoms with Crippen LogP contribution in [-0.2, 0) is 0 Å². The molecule has 0 aromatic rings. The first kappa shape index (κ1) is 13.6. The summed E-state index contributed by atoms with van der Waals surface area (Å²) in [5, 5.41) is 8.88. The Bertz CT molecular complexity index is 364. The molecule has 0 aromatic carbocycles. The average Bonchev–Trinajstić information content (AvgIpc) is 3.09. The van der Waals surface area contributed by atoms with E-state index in [4.69, 9.17) is 5.11 Å². The van der Waals surface area contributed by atoms with Gasteiger partial charge in [0.25, 0.3) is 0 Å². The third-order valence-electron chi connectivity index (χ3n) is 2.56. The Morgan fingerprint density at radius 3 is 2.88 bits per heavy atom. The van der Waals surface area contributed by atoms with Crippen LogP contribution in [0.25, 0.3) is 0 Å². The van der Waals surface area contributed by atoms with Crippen LogP contribution in [0.2, 0.25) is 0 Å². The Kier molecular flexibility index (Phi) is 6.18. The molecule has 0 heterocycles. The van der Waals surface area contributed by atoms with Crippen molar-refractivity contribution in [2.24, 2.45) is 21.8 Å². The molecule has 0 bridgehead atoms. The van der Waals surface area contributed by atoms with Crippen LogP contribution in [0.5, 0.6) is 0 Å². The van der Waals surface area contributed by atoms with Crippen LogP contribution in [-0.4, -0.2) is 24.1 Å². The lowest BCUT2D eigenvalue weighted by Gasteiger charge is -1.89. The van der Waals surface area contributed by atoms with Crippen LogP contribution in [0.15, 0.2) is 46.2 Å². The summed E-state index contributed by atoms with van der Waals surface area (Å²) >= 11 is 0. The monoisotopic (exact) mass is 232 g/mol. The summed E-state index contributed by atoms with van der Waals surface area (Å²) < 4.78 is 0. The van der Waals surface area contributed by atoms with Crippen molar-refractivity contribution in [2.45, 2.75) is 20.3 Å². The first-order valence-corrected chi connectivity index (χ1v) is 5.91. The van der Waals surface area contributed by atoms with E-state index in [2.05, 4.69) is 9.98 Å². The van der Waals surface area contributed by atoms with E-state index in [-0.39, 0.29) is 6.61 Å². The zero-order valence-electron chi connectivity index (χ0n) is 10.5. The predicted molar refractivity (Wildman–Crippen MR) is 73.4 cm³/mol. The third kappa shape index (κ3) is 5.97. The minimum atomic E-state index is 0.277. The minimum Gasteiger partial charge on any atom is -0.396 e. The molecular weight excluding hydrogens is 212 g/mol. The number of allylic oxidation sites excluding steroid dienone is 5. The zero-order chi connectivity index (χ0) is 12.5. The number of hydrogen-bond donors (Lipinski definition) is 1. The van der Waals surface area contributed by atoms with Crippen molar-refractivity contribution < 1.29 is 5.11 Å². The number of aliphatic hydroxyl groups is 1. The number of aliphatic imine (C=N–C) groups is 2. The molecule has 3 nitrogen and oxygen atoms in total. The van der Waals surface area contributed by atoms with Gasteiger partial charge in [0.15, 0.2) is 0 Å². The van der Waals surface area contributed by atoms with Crippen molar-refractivity contribution in [1.82, 2.24) is 0 Å². The van der Waals surface area contributed by atoms with Gasteiger partial charge < -0.3 is 5.11 Å². The Hall–Kier alpha value is -1.48. The maximum atomic E-state index is 8.88. The summed E-state index contributed by atoms with van der Waals surface area (Å²) in [5.41, 5.74) is 0.950. The lowest BCUT2D eigenvalue weighted by atomic mass is 10.3. The van der Waals surface area contributed by atoms with Gasteiger partial charge in [0.2, 0.25) is 0 Å². The highest BCUT2D eigenvalue weighted by molar-refractivity contribution is 5.71. The van der Waals surface area contributed by atoms with Gasteiger partial charge in [0.05, 0.1) is 0 Å². The van der Waals surface area contributed by atoms with Crippen LogP contribution in [0, 0.1) is 11.8 Å². The topological polar surface area (TPSA) is 45.0 Å². The molecule has 0 amide bonds. The maximum Gasteiger partial charge on any atom is 0.0465 e. The molecule has 1 aliphatic rings. The largest absolute Gasteiger partial charge is 0.396 e. The van der Waals surface area contributed by atoms with E-state index >= 15 is 0 Å². The second kappa shape index (κ2) is 7.74. The smallest absolute Gasteiger partial charge is 0.0465 e. The normalized spacial score (nSPS) is 25.9. The summed E-state index contributed by atoms with van der Waals surface area (Å²) in [7, 11) is 0. The first-order valence-electron chi connectivity index (χ1n) is 5.91. The van der Waals surface area contributed by atoms with Crippen molar-refractivity contribution in [3.8, 4) is 0 Å². The molecule has 0 saturated heterocycles. The Balaban J connectivity index is 2.29. The van der Waals surface area contributed by atoms with E-state index in [1.165, 1.54) is 0 Å². The lowest BCUT2D eigenvalue weighted by Crippen LogP contribution is -1.89. The fraction of sp³-hybridized carbons (Fsp3) is 0.429. The number of aliphatic hydroxyl groups excluding tert-OH is 1. The molecule has 1 rings (SSSR count). The fourth-order valence-corrected chi connectivity index (χ4v) is 1.34. The number of hydrogen-bond acceptors (Lipinski definition) is 3. The Morgan fingerprint density at radius 2 is 2.24 bits per heavy atom. The zero-order valence-corrected chi connectivity index (χ0v) is 10.5. The molecule has 0 unspecified atom stereocenters. The van der Waals surface area contributed by atoms with Crippen LogP contribution in [0.4, 0.5) is 0 Å². The van der Waals surface area contributed by atoms with Gasteiger partial charge in [-0.2, -0.15) is 0 Å². The molecule has 0 aromatic heterocycles. The molecule has 3 heteroatoms. The predicted octanol–water partition coefficient (Wildman–Crippen LogP) is 2.75. The molecule has 1 fully saturated rings. The summed E-state index contributed by atoms with van der Waals surface area (Å²) in [4.78, 5) is 8.37. The lowest BCUT2D eigenvalue weighted by molar-refractivity contribution is 0.274. The van der Waals surface area contributed by atoms with Gasteiger partial charge in [-0.15, -0.1) is 0 Å². The highest BCUT2D eigenvalue weighted by atomic mass is 16.3. The van der Waals surface area contributed by atoms with E-state index in [0.717, 1.165) is 12.1 Å². The third-order valence-corrected chi connectivity index (χ3v) is 2.56. The van der Waals surface area contributed by atoms with Crippen LogP contribution >= 0.6 is 0 Å². The quantitative estimate of drug-likeness (QED) is 0.555. The molecule has 1 saturated carbocycles. The van der Waals surface area contributed by atoms with Gasteiger partial charge in [-0.1, -0.05) is 6.08 Å².